The van der Waals surface area contributed by atoms with Crippen LogP contribution in [0.2, 0.25) is 0 Å². The number of nitriles is 1. The number of carbonyl (C=O) groups is 1. The van der Waals surface area contributed by atoms with Crippen LogP contribution in [0.3, 0.4) is 0 Å². The number of nitrogens with zero attached hydrogens (tertiary/aromatic N) is 2. The molecule has 0 aromatic heterocycles. The zero-order valence-electron chi connectivity index (χ0n) is 13.9. The second kappa shape index (κ2) is 8.70. The first-order valence-corrected chi connectivity index (χ1v) is 7.79. The van der Waals surface area contributed by atoms with Crippen LogP contribution >= 0.6 is 0 Å². The predicted molar refractivity (Wildman–Crippen MR) is 93.8 cm³/mol. The Morgan fingerprint density at radius 3 is 2.71 bits per heavy atom. The Morgan fingerprint density at radius 2 is 2.00 bits per heavy atom. The maximum Gasteiger partial charge on any atom is 0.241 e. The third-order valence-corrected chi connectivity index (χ3v) is 3.76. The van der Waals surface area contributed by atoms with Crippen LogP contribution in [0.15, 0.2) is 54.6 Å². The van der Waals surface area contributed by atoms with E-state index >= 15 is 0 Å². The molecule has 2 rings (SSSR count). The molecule has 0 unspecified atom stereocenters. The molecule has 24 heavy (non-hydrogen) atoms. The zero-order valence-corrected chi connectivity index (χ0v) is 13.9. The van der Waals surface area contributed by atoms with E-state index in [9.17, 15) is 4.79 Å². The first kappa shape index (κ1) is 17.5. The quantitative estimate of drug-likeness (QED) is 0.851. The fraction of sp³-hybridized carbons (Fsp3) is 0.263. The summed E-state index contributed by atoms with van der Waals surface area (Å²) in [4.78, 5) is 14.2. The van der Waals surface area contributed by atoms with E-state index < -0.39 is 0 Å². The van der Waals surface area contributed by atoms with Crippen molar-refractivity contribution in [2.24, 2.45) is 0 Å². The highest BCUT2D eigenvalue weighted by atomic mass is 16.5. The van der Waals surface area contributed by atoms with E-state index in [2.05, 4.69) is 11.4 Å². The average Bonchev–Trinajstić information content (AvgIpc) is 2.62. The molecule has 1 amide bonds. The summed E-state index contributed by atoms with van der Waals surface area (Å²) in [5, 5.41) is 11.7. The summed E-state index contributed by atoms with van der Waals surface area (Å²) in [6.07, 6.45) is 0. The van der Waals surface area contributed by atoms with Crippen molar-refractivity contribution in [3.63, 3.8) is 0 Å². The van der Waals surface area contributed by atoms with Gasteiger partial charge in [0.15, 0.2) is 0 Å². The van der Waals surface area contributed by atoms with Gasteiger partial charge in [-0.1, -0.05) is 24.3 Å². The number of hydrogen-bond acceptors (Lipinski definition) is 4. The summed E-state index contributed by atoms with van der Waals surface area (Å²) in [6, 6.07) is 18.2. The lowest BCUT2D eigenvalue weighted by atomic mass is 10.2. The summed E-state index contributed by atoms with van der Waals surface area (Å²) in [7, 11) is 1.88. The lowest BCUT2D eigenvalue weighted by molar-refractivity contribution is -0.120. The molecule has 1 N–H and O–H groups in total. The Morgan fingerprint density at radius 1 is 1.25 bits per heavy atom. The molecule has 5 heteroatoms. The molecule has 0 aliphatic carbocycles. The maximum absolute atomic E-state index is 12.3. The molecule has 0 bridgehead atoms. The molecule has 2 aromatic carbocycles. The summed E-state index contributed by atoms with van der Waals surface area (Å²) >= 11 is 0. The third-order valence-electron chi connectivity index (χ3n) is 3.76. The van der Waals surface area contributed by atoms with E-state index in [1.165, 1.54) is 0 Å². The van der Waals surface area contributed by atoms with Crippen molar-refractivity contribution >= 4 is 11.6 Å². The summed E-state index contributed by atoms with van der Waals surface area (Å²) in [5.74, 6) is 0.698. The van der Waals surface area contributed by atoms with E-state index in [4.69, 9.17) is 10.00 Å². The van der Waals surface area contributed by atoms with E-state index in [1.54, 1.807) is 24.3 Å². The fourth-order valence-corrected chi connectivity index (χ4v) is 2.13. The molecular formula is C19H21N3O2. The Labute approximate surface area is 142 Å². The Bertz CT molecular complexity index is 710. The van der Waals surface area contributed by atoms with Crippen molar-refractivity contribution in [1.29, 1.82) is 5.26 Å². The number of nitrogens with one attached hydrogen (secondary N) is 1. The molecule has 0 fully saturated rings. The van der Waals surface area contributed by atoms with Crippen LogP contribution < -0.4 is 10.1 Å². The number of anilines is 1. The van der Waals surface area contributed by atoms with Crippen molar-refractivity contribution in [1.82, 2.24) is 4.90 Å². The topological polar surface area (TPSA) is 65.4 Å². The number of amides is 1. The van der Waals surface area contributed by atoms with Crippen LogP contribution in [0.25, 0.3) is 0 Å². The molecule has 0 heterocycles. The zero-order chi connectivity index (χ0) is 17.4. The first-order valence-electron chi connectivity index (χ1n) is 7.79. The molecule has 0 saturated carbocycles. The highest BCUT2D eigenvalue weighted by Crippen LogP contribution is 2.11. The predicted octanol–water partition coefficient (Wildman–Crippen LogP) is 2.90. The van der Waals surface area contributed by atoms with E-state index in [-0.39, 0.29) is 11.9 Å². The van der Waals surface area contributed by atoms with Gasteiger partial charge >= 0.3 is 0 Å². The standard InChI is InChI=1S/C19H21N3O2/c1-15(19(23)21-17-8-6-7-16(13-17)14-20)22(2)11-12-24-18-9-4-3-5-10-18/h3-10,13,15H,11-12H2,1-2H3,(H,21,23)/t15-/m1/s1. The number of benzene rings is 2. The summed E-state index contributed by atoms with van der Waals surface area (Å²) in [5.41, 5.74) is 1.14. The monoisotopic (exact) mass is 323 g/mol. The van der Waals surface area contributed by atoms with E-state index in [0.29, 0.717) is 24.4 Å². The van der Waals surface area contributed by atoms with Gasteiger partial charge in [0.1, 0.15) is 12.4 Å². The minimum Gasteiger partial charge on any atom is -0.492 e. The lowest BCUT2D eigenvalue weighted by Gasteiger charge is -2.23. The van der Waals surface area contributed by atoms with Crippen molar-refractivity contribution in [3.8, 4) is 11.8 Å². The van der Waals surface area contributed by atoms with E-state index in [0.717, 1.165) is 5.75 Å². The second-order valence-corrected chi connectivity index (χ2v) is 5.50. The van der Waals surface area contributed by atoms with E-state index in [1.807, 2.05) is 49.2 Å². The molecule has 124 valence electrons. The van der Waals surface area contributed by atoms with Crippen molar-refractivity contribution in [3.05, 3.63) is 60.2 Å². The lowest BCUT2D eigenvalue weighted by Crippen LogP contribution is -2.41. The Hall–Kier alpha value is -2.84. The smallest absolute Gasteiger partial charge is 0.241 e. The molecule has 0 spiro atoms. The summed E-state index contributed by atoms with van der Waals surface area (Å²) in [6.45, 7) is 2.97. The van der Waals surface area contributed by atoms with Crippen LogP contribution in [-0.2, 0) is 4.79 Å². The molecule has 2 aromatic rings. The van der Waals surface area contributed by atoms with Crippen molar-refractivity contribution in [2.75, 3.05) is 25.5 Å². The highest BCUT2D eigenvalue weighted by Gasteiger charge is 2.18. The van der Waals surface area contributed by atoms with Crippen LogP contribution in [-0.4, -0.2) is 37.0 Å². The molecule has 0 saturated heterocycles. The molecule has 0 aliphatic rings. The first-order chi connectivity index (χ1) is 11.6. The molecule has 1 atom stereocenters. The van der Waals surface area contributed by atoms with Crippen LogP contribution in [0, 0.1) is 11.3 Å². The number of rotatable bonds is 7. The van der Waals surface area contributed by atoms with Gasteiger partial charge in [-0.05, 0) is 44.3 Å². The molecule has 0 aliphatic heterocycles. The average molecular weight is 323 g/mol. The maximum atomic E-state index is 12.3. The van der Waals surface area contributed by atoms with Gasteiger partial charge < -0.3 is 10.1 Å². The highest BCUT2D eigenvalue weighted by molar-refractivity contribution is 5.94. The van der Waals surface area contributed by atoms with Gasteiger partial charge in [0, 0.05) is 12.2 Å². The molecule has 5 nitrogen and oxygen atoms in total. The molecule has 0 radical (unpaired) electrons. The van der Waals surface area contributed by atoms with Crippen molar-refractivity contribution in [2.45, 2.75) is 13.0 Å². The van der Waals surface area contributed by atoms with Gasteiger partial charge in [-0.2, -0.15) is 5.26 Å². The van der Waals surface area contributed by atoms with Gasteiger partial charge in [-0.3, -0.25) is 9.69 Å². The second-order valence-electron chi connectivity index (χ2n) is 5.50. The third kappa shape index (κ3) is 5.11. The van der Waals surface area contributed by atoms with Crippen LogP contribution in [0.1, 0.15) is 12.5 Å². The largest absolute Gasteiger partial charge is 0.492 e. The van der Waals surface area contributed by atoms with Gasteiger partial charge in [0.25, 0.3) is 0 Å². The normalized spacial score (nSPS) is 11.6. The number of ether oxygens (including phenoxy) is 1. The van der Waals surface area contributed by atoms with Gasteiger partial charge in [0.05, 0.1) is 17.7 Å². The summed E-state index contributed by atoms with van der Waals surface area (Å²) < 4.78 is 5.65. The Balaban J connectivity index is 1.82. The number of hydrogen-bond donors (Lipinski definition) is 1. The molecular weight excluding hydrogens is 302 g/mol. The van der Waals surface area contributed by atoms with Gasteiger partial charge in [-0.15, -0.1) is 0 Å². The van der Waals surface area contributed by atoms with Crippen molar-refractivity contribution < 1.29 is 9.53 Å². The number of likely N-dealkylation sites (N-methyl/N-ethyl adjacent to an activating group) is 1. The Kier molecular flexibility index (Phi) is 6.35. The van der Waals surface area contributed by atoms with Crippen LogP contribution in [0.4, 0.5) is 5.69 Å². The van der Waals surface area contributed by atoms with Gasteiger partial charge in [-0.25, -0.2) is 0 Å². The number of para-hydroxylation sites is 1. The minimum atomic E-state index is -0.310. The fourth-order valence-electron chi connectivity index (χ4n) is 2.13. The SMILES string of the molecule is C[C@H](C(=O)Nc1cccc(C#N)c1)N(C)CCOc1ccccc1. The minimum absolute atomic E-state index is 0.118. The van der Waals surface area contributed by atoms with Crippen LogP contribution in [0.5, 0.6) is 5.75 Å². The number of carbonyl (C=O) groups excluding carboxylic acids is 1. The van der Waals surface area contributed by atoms with Gasteiger partial charge in [0.2, 0.25) is 5.91 Å².